The fraction of sp³-hybridized carbons (Fsp3) is 0.143. The normalized spacial score (nSPS) is 12.2. The number of aromatic carboxylic acids is 1. The molecule has 0 aliphatic rings. The number of hydrogen-bond donors (Lipinski definition) is 2. The summed E-state index contributed by atoms with van der Waals surface area (Å²) in [5, 5.41) is 11.7. The van der Waals surface area contributed by atoms with Crippen LogP contribution in [0.4, 0.5) is 18.0 Å². The van der Waals surface area contributed by atoms with Gasteiger partial charge in [0.15, 0.2) is 0 Å². The van der Waals surface area contributed by atoms with Crippen molar-refractivity contribution >= 4 is 23.1 Å². The number of nitrogens with one attached hydrogen (secondary N) is 1. The Balaban J connectivity index is 1.98. The number of rotatable bonds is 6. The SMILES string of the molecule is O=C(O)c1cn(C(=O)NCc2ccc(CS(=O)[O-])cc2)c(=O)n(-c2cccc(C(F)(F)F)c2)c1=O. The van der Waals surface area contributed by atoms with Crippen molar-refractivity contribution in [1.82, 2.24) is 14.5 Å². The third kappa shape index (κ3) is 5.91. The number of aromatic nitrogens is 2. The molecule has 0 bridgehead atoms. The molecule has 0 aliphatic carbocycles. The van der Waals surface area contributed by atoms with Crippen LogP contribution in [0.15, 0.2) is 64.3 Å². The molecule has 1 heterocycles. The number of benzene rings is 2. The Hall–Kier alpha value is -4.04. The van der Waals surface area contributed by atoms with Crippen LogP contribution in [0.3, 0.4) is 0 Å². The van der Waals surface area contributed by atoms with Gasteiger partial charge >= 0.3 is 23.9 Å². The van der Waals surface area contributed by atoms with Gasteiger partial charge in [0.05, 0.1) is 11.3 Å². The number of nitrogens with zero attached hydrogens (tertiary/aromatic N) is 2. The van der Waals surface area contributed by atoms with Crippen molar-refractivity contribution in [2.45, 2.75) is 18.5 Å². The minimum atomic E-state index is -4.81. The number of carbonyl (C=O) groups excluding carboxylic acids is 1. The molecule has 14 heteroatoms. The molecule has 2 aromatic carbocycles. The van der Waals surface area contributed by atoms with Gasteiger partial charge in [0, 0.05) is 18.5 Å². The molecule has 3 rings (SSSR count). The van der Waals surface area contributed by atoms with Crippen LogP contribution in [0.25, 0.3) is 5.69 Å². The molecular formula is C21H15F3N3O7S-. The van der Waals surface area contributed by atoms with Crippen LogP contribution in [-0.4, -0.2) is 35.0 Å². The van der Waals surface area contributed by atoms with Gasteiger partial charge < -0.3 is 15.0 Å². The Labute approximate surface area is 196 Å². The molecule has 0 fully saturated rings. The summed E-state index contributed by atoms with van der Waals surface area (Å²) < 4.78 is 61.2. The highest BCUT2D eigenvalue weighted by molar-refractivity contribution is 7.78. The molecule has 1 aromatic heterocycles. The van der Waals surface area contributed by atoms with E-state index in [1.807, 2.05) is 0 Å². The van der Waals surface area contributed by atoms with E-state index < -0.39 is 57.3 Å². The van der Waals surface area contributed by atoms with Gasteiger partial charge in [-0.1, -0.05) is 41.4 Å². The zero-order valence-electron chi connectivity index (χ0n) is 17.4. The fourth-order valence-electron chi connectivity index (χ4n) is 3.05. The molecule has 0 saturated heterocycles. The van der Waals surface area contributed by atoms with E-state index in [2.05, 4.69) is 5.32 Å². The Bertz CT molecular complexity index is 1430. The lowest BCUT2D eigenvalue weighted by molar-refractivity contribution is -0.137. The van der Waals surface area contributed by atoms with Gasteiger partial charge in [-0.05, 0) is 29.3 Å². The van der Waals surface area contributed by atoms with E-state index in [-0.39, 0.29) is 21.4 Å². The van der Waals surface area contributed by atoms with Gasteiger partial charge in [-0.2, -0.15) is 13.2 Å². The number of carboxylic acids is 1. The molecule has 2 N–H and O–H groups in total. The van der Waals surface area contributed by atoms with E-state index in [1.165, 1.54) is 24.3 Å². The fourth-order valence-corrected chi connectivity index (χ4v) is 3.51. The lowest BCUT2D eigenvalue weighted by atomic mass is 10.1. The highest BCUT2D eigenvalue weighted by Crippen LogP contribution is 2.29. The average molecular weight is 510 g/mol. The molecular weight excluding hydrogens is 495 g/mol. The topological polar surface area (TPSA) is 151 Å². The second kappa shape index (κ2) is 10.1. The molecule has 10 nitrogen and oxygen atoms in total. The number of carboxylic acid groups (broad SMARTS) is 1. The number of alkyl halides is 3. The Morgan fingerprint density at radius 1 is 1.06 bits per heavy atom. The number of carbonyl (C=O) groups is 2. The molecule has 1 amide bonds. The van der Waals surface area contributed by atoms with Gasteiger partial charge in [-0.25, -0.2) is 23.5 Å². The summed E-state index contributed by atoms with van der Waals surface area (Å²) in [5.74, 6) is -2.01. The van der Waals surface area contributed by atoms with Crippen LogP contribution in [0.2, 0.25) is 0 Å². The summed E-state index contributed by atoms with van der Waals surface area (Å²) in [6, 6.07) is 7.96. The van der Waals surface area contributed by atoms with Crippen LogP contribution in [0.5, 0.6) is 0 Å². The molecule has 3 aromatic rings. The Morgan fingerprint density at radius 2 is 1.69 bits per heavy atom. The minimum absolute atomic E-state index is 0.163. The summed E-state index contributed by atoms with van der Waals surface area (Å²) in [4.78, 5) is 49.6. The van der Waals surface area contributed by atoms with Crippen molar-refractivity contribution in [3.8, 4) is 5.69 Å². The average Bonchev–Trinajstić information content (AvgIpc) is 2.77. The van der Waals surface area contributed by atoms with Crippen molar-refractivity contribution in [2.24, 2.45) is 0 Å². The zero-order chi connectivity index (χ0) is 25.9. The Morgan fingerprint density at radius 3 is 2.26 bits per heavy atom. The standard InChI is InChI=1S/C21H16F3N3O7S/c22-21(23,24)14-2-1-3-15(8-14)27-17(28)16(18(29)30)10-26(20(27)32)19(31)25-9-12-4-6-13(7-5-12)11-35(33)34/h1-8,10H,9,11H2,(H,25,31)(H,29,30)(H,33,34)/p-1. The molecule has 1 atom stereocenters. The van der Waals surface area contributed by atoms with Gasteiger partial charge in [0.1, 0.15) is 5.56 Å². The van der Waals surface area contributed by atoms with Gasteiger partial charge in [-0.3, -0.25) is 9.00 Å². The third-order valence-corrected chi connectivity index (χ3v) is 5.29. The highest BCUT2D eigenvalue weighted by Gasteiger charge is 2.31. The molecule has 35 heavy (non-hydrogen) atoms. The predicted molar refractivity (Wildman–Crippen MR) is 115 cm³/mol. The molecule has 0 radical (unpaired) electrons. The zero-order valence-corrected chi connectivity index (χ0v) is 18.3. The second-order valence-electron chi connectivity index (χ2n) is 7.11. The van der Waals surface area contributed by atoms with Crippen LogP contribution in [0, 0.1) is 0 Å². The maximum Gasteiger partial charge on any atom is 0.416 e. The largest absolute Gasteiger partial charge is 0.772 e. The van der Waals surface area contributed by atoms with Crippen molar-refractivity contribution in [3.63, 3.8) is 0 Å². The van der Waals surface area contributed by atoms with Crippen molar-refractivity contribution < 1.29 is 36.6 Å². The number of hydrogen-bond acceptors (Lipinski definition) is 6. The van der Waals surface area contributed by atoms with Crippen molar-refractivity contribution in [1.29, 1.82) is 0 Å². The number of amides is 1. The second-order valence-corrected chi connectivity index (χ2v) is 8.01. The van der Waals surface area contributed by atoms with E-state index in [0.29, 0.717) is 29.5 Å². The third-order valence-electron chi connectivity index (χ3n) is 4.72. The van der Waals surface area contributed by atoms with E-state index in [0.717, 1.165) is 12.1 Å². The van der Waals surface area contributed by atoms with Crippen LogP contribution < -0.4 is 16.6 Å². The maximum absolute atomic E-state index is 13.1. The maximum atomic E-state index is 13.1. The smallest absolute Gasteiger partial charge is 0.416 e. The minimum Gasteiger partial charge on any atom is -0.772 e. The lowest BCUT2D eigenvalue weighted by Gasteiger charge is -2.13. The highest BCUT2D eigenvalue weighted by atomic mass is 32.2. The van der Waals surface area contributed by atoms with E-state index in [4.69, 9.17) is 0 Å². The molecule has 0 aliphatic heterocycles. The van der Waals surface area contributed by atoms with E-state index >= 15 is 0 Å². The Kier molecular flexibility index (Phi) is 7.36. The summed E-state index contributed by atoms with van der Waals surface area (Å²) in [6.45, 7) is -0.170. The lowest BCUT2D eigenvalue weighted by Crippen LogP contribution is -2.46. The van der Waals surface area contributed by atoms with Gasteiger partial charge in [0.25, 0.3) is 5.56 Å². The van der Waals surface area contributed by atoms with E-state index in [9.17, 15) is 46.2 Å². The summed E-state index contributed by atoms with van der Waals surface area (Å²) in [6.07, 6.45) is -4.32. The first kappa shape index (κ1) is 25.6. The van der Waals surface area contributed by atoms with Gasteiger partial charge in [0.2, 0.25) is 0 Å². The quantitative estimate of drug-likeness (QED) is 0.481. The first-order valence-corrected chi connectivity index (χ1v) is 10.8. The monoisotopic (exact) mass is 510 g/mol. The van der Waals surface area contributed by atoms with Gasteiger partial charge in [-0.15, -0.1) is 0 Å². The number of halogens is 3. The summed E-state index contributed by atoms with van der Waals surface area (Å²) in [5.41, 5.74) is -4.61. The molecule has 184 valence electrons. The molecule has 0 spiro atoms. The van der Waals surface area contributed by atoms with Crippen molar-refractivity contribution in [2.75, 3.05) is 0 Å². The molecule has 0 saturated carbocycles. The predicted octanol–water partition coefficient (Wildman–Crippen LogP) is 1.85. The van der Waals surface area contributed by atoms with E-state index in [1.54, 1.807) is 0 Å². The first-order chi connectivity index (χ1) is 16.4. The van der Waals surface area contributed by atoms with Crippen LogP contribution in [0.1, 0.15) is 27.0 Å². The van der Waals surface area contributed by atoms with Crippen LogP contribution in [-0.2, 0) is 29.6 Å². The van der Waals surface area contributed by atoms with Crippen LogP contribution >= 0.6 is 0 Å². The summed E-state index contributed by atoms with van der Waals surface area (Å²) >= 11 is -2.29. The first-order valence-electron chi connectivity index (χ1n) is 9.60. The molecule has 1 unspecified atom stereocenters. The summed E-state index contributed by atoms with van der Waals surface area (Å²) in [7, 11) is 0. The van der Waals surface area contributed by atoms with Crippen molar-refractivity contribution in [3.05, 3.63) is 97.8 Å².